The molecule has 1 aliphatic carbocycles. The van der Waals surface area contributed by atoms with Crippen molar-refractivity contribution in [3.63, 3.8) is 0 Å². The molecule has 8 heteroatoms. The summed E-state index contributed by atoms with van der Waals surface area (Å²) in [6.45, 7) is 0. The fraction of sp³-hybridized carbons (Fsp3) is 0.300. The Morgan fingerprint density at radius 2 is 2.04 bits per heavy atom. The van der Waals surface area contributed by atoms with Crippen LogP contribution in [0.15, 0.2) is 36.7 Å². The van der Waals surface area contributed by atoms with E-state index in [9.17, 15) is 5.11 Å². The van der Waals surface area contributed by atoms with Gasteiger partial charge in [-0.2, -0.15) is 5.10 Å². The van der Waals surface area contributed by atoms with Gasteiger partial charge in [-0.3, -0.25) is 5.10 Å². The molecule has 1 fully saturated rings. The summed E-state index contributed by atoms with van der Waals surface area (Å²) in [4.78, 5) is 7.62. The van der Waals surface area contributed by atoms with Gasteiger partial charge in [-0.15, -0.1) is 0 Å². The van der Waals surface area contributed by atoms with Crippen molar-refractivity contribution < 1.29 is 5.11 Å². The summed E-state index contributed by atoms with van der Waals surface area (Å²) in [7, 11) is 0. The summed E-state index contributed by atoms with van der Waals surface area (Å²) >= 11 is 0. The average molecular weight is 377 g/mol. The largest absolute Gasteiger partial charge is 0.494 e. The van der Waals surface area contributed by atoms with Crippen molar-refractivity contribution in [2.45, 2.75) is 37.8 Å². The molecular formula is C20H23N7O. The highest BCUT2D eigenvalue weighted by molar-refractivity contribution is 5.99. The number of nitrogens with zero attached hydrogens (tertiary/aromatic N) is 2. The first-order chi connectivity index (χ1) is 13.7. The van der Waals surface area contributed by atoms with Crippen LogP contribution in [0, 0.1) is 0 Å². The summed E-state index contributed by atoms with van der Waals surface area (Å²) in [5.74, 6) is 1.43. The van der Waals surface area contributed by atoms with Crippen molar-refractivity contribution in [2.24, 2.45) is 5.73 Å². The quantitative estimate of drug-likeness (QED) is 0.323. The number of fused-ring (bicyclic) bond motifs is 2. The molecule has 0 unspecified atom stereocenters. The van der Waals surface area contributed by atoms with Gasteiger partial charge >= 0.3 is 0 Å². The number of benzene rings is 1. The summed E-state index contributed by atoms with van der Waals surface area (Å²) in [6, 6.07) is 8.20. The van der Waals surface area contributed by atoms with Gasteiger partial charge in [0.25, 0.3) is 0 Å². The standard InChI is InChI=1S/C20H23N7O/c21-14-3-1-2-4-15(14)25-17-7-12-9-22-20(28)18(12)19(26-17)24-13-6-5-11-10-23-27-16(11)8-13/h5-10,14-15,22,25,28H,1-4,21H2,(H,23,27)(H,24,26)/t14-,15+/m0/s1. The second kappa shape index (κ2) is 6.72. The summed E-state index contributed by atoms with van der Waals surface area (Å²) in [5.41, 5.74) is 8.08. The molecule has 28 heavy (non-hydrogen) atoms. The molecule has 144 valence electrons. The monoisotopic (exact) mass is 377 g/mol. The lowest BCUT2D eigenvalue weighted by molar-refractivity contribution is 0.403. The molecule has 0 bridgehead atoms. The van der Waals surface area contributed by atoms with Crippen LogP contribution in [0.3, 0.4) is 0 Å². The average Bonchev–Trinajstić information content (AvgIpc) is 3.30. The van der Waals surface area contributed by atoms with Gasteiger partial charge in [-0.1, -0.05) is 12.8 Å². The number of nitrogens with one attached hydrogen (secondary N) is 4. The molecule has 1 aliphatic rings. The van der Waals surface area contributed by atoms with Crippen molar-refractivity contribution in [1.82, 2.24) is 20.2 Å². The molecule has 5 rings (SSSR count). The van der Waals surface area contributed by atoms with E-state index in [1.807, 2.05) is 24.3 Å². The van der Waals surface area contributed by atoms with Crippen molar-refractivity contribution in [3.8, 4) is 5.88 Å². The Balaban J connectivity index is 1.51. The maximum absolute atomic E-state index is 10.3. The van der Waals surface area contributed by atoms with Gasteiger partial charge in [0, 0.05) is 34.7 Å². The number of aromatic hydroxyl groups is 1. The zero-order chi connectivity index (χ0) is 19.1. The van der Waals surface area contributed by atoms with Crippen molar-refractivity contribution in [1.29, 1.82) is 0 Å². The molecule has 1 saturated carbocycles. The zero-order valence-electron chi connectivity index (χ0n) is 15.4. The molecule has 3 aromatic heterocycles. The normalized spacial score (nSPS) is 19.9. The third kappa shape index (κ3) is 3.01. The molecule has 7 N–H and O–H groups in total. The third-order valence-electron chi connectivity index (χ3n) is 5.51. The lowest BCUT2D eigenvalue weighted by Gasteiger charge is -2.29. The van der Waals surface area contributed by atoms with Gasteiger partial charge in [0.05, 0.1) is 17.1 Å². The number of anilines is 3. The minimum Gasteiger partial charge on any atom is -0.494 e. The van der Waals surface area contributed by atoms with Crippen molar-refractivity contribution in [3.05, 3.63) is 36.7 Å². The second-order valence-corrected chi connectivity index (χ2v) is 7.45. The van der Waals surface area contributed by atoms with Crippen LogP contribution < -0.4 is 16.4 Å². The van der Waals surface area contributed by atoms with E-state index in [0.29, 0.717) is 11.2 Å². The Morgan fingerprint density at radius 1 is 1.14 bits per heavy atom. The molecule has 3 heterocycles. The van der Waals surface area contributed by atoms with Gasteiger partial charge in [0.2, 0.25) is 0 Å². The lowest BCUT2D eigenvalue weighted by atomic mass is 9.91. The summed E-state index contributed by atoms with van der Waals surface area (Å²) in [5, 5.41) is 26.7. The van der Waals surface area contributed by atoms with Gasteiger partial charge in [-0.25, -0.2) is 4.98 Å². The van der Waals surface area contributed by atoms with Crippen molar-refractivity contribution >= 4 is 39.0 Å². The predicted octanol–water partition coefficient (Wildman–Crippen LogP) is 3.57. The third-order valence-corrected chi connectivity index (χ3v) is 5.51. The molecule has 1 aromatic carbocycles. The van der Waals surface area contributed by atoms with Gasteiger partial charge in [-0.05, 0) is 37.1 Å². The fourth-order valence-corrected chi connectivity index (χ4v) is 3.99. The maximum atomic E-state index is 10.3. The van der Waals surface area contributed by atoms with Crippen LogP contribution in [0.1, 0.15) is 25.7 Å². The predicted molar refractivity (Wildman–Crippen MR) is 111 cm³/mol. The van der Waals surface area contributed by atoms with E-state index < -0.39 is 0 Å². The van der Waals surface area contributed by atoms with E-state index in [2.05, 4.69) is 25.8 Å². The van der Waals surface area contributed by atoms with Crippen LogP contribution in [0.5, 0.6) is 5.88 Å². The number of pyridine rings is 1. The molecular weight excluding hydrogens is 354 g/mol. The van der Waals surface area contributed by atoms with E-state index in [1.54, 1.807) is 12.4 Å². The fourth-order valence-electron chi connectivity index (χ4n) is 3.99. The van der Waals surface area contributed by atoms with E-state index in [4.69, 9.17) is 10.7 Å². The zero-order valence-corrected chi connectivity index (χ0v) is 15.4. The number of aromatic nitrogens is 4. The smallest absolute Gasteiger partial charge is 0.200 e. The van der Waals surface area contributed by atoms with E-state index in [0.717, 1.165) is 40.6 Å². The first-order valence-electron chi connectivity index (χ1n) is 9.61. The second-order valence-electron chi connectivity index (χ2n) is 7.45. The highest BCUT2D eigenvalue weighted by Gasteiger charge is 2.22. The Kier molecular flexibility index (Phi) is 4.05. The van der Waals surface area contributed by atoms with Crippen molar-refractivity contribution in [2.75, 3.05) is 10.6 Å². The lowest BCUT2D eigenvalue weighted by Crippen LogP contribution is -2.42. The molecule has 8 nitrogen and oxygen atoms in total. The van der Waals surface area contributed by atoms with Crippen LogP contribution in [0.2, 0.25) is 0 Å². The first-order valence-corrected chi connectivity index (χ1v) is 9.61. The van der Waals surface area contributed by atoms with Crippen LogP contribution in [0.4, 0.5) is 17.3 Å². The molecule has 4 aromatic rings. The Labute approximate surface area is 161 Å². The molecule has 0 saturated heterocycles. The molecule has 2 atom stereocenters. The molecule has 0 aliphatic heterocycles. The number of aromatic amines is 2. The van der Waals surface area contributed by atoms with Gasteiger partial charge in [0.15, 0.2) is 5.88 Å². The van der Waals surface area contributed by atoms with E-state index in [1.165, 1.54) is 12.8 Å². The SMILES string of the molecule is N[C@H]1CCCC[C@H]1Nc1cc2c[nH]c(O)c2c(Nc2ccc3cn[nH]c3c2)n1. The number of H-pyrrole nitrogens is 2. The summed E-state index contributed by atoms with van der Waals surface area (Å²) in [6.07, 6.45) is 7.99. The van der Waals surface area contributed by atoms with Crippen LogP contribution in [-0.2, 0) is 0 Å². The maximum Gasteiger partial charge on any atom is 0.200 e. The number of hydrogen-bond acceptors (Lipinski definition) is 6. The van der Waals surface area contributed by atoms with Gasteiger partial charge < -0.3 is 26.5 Å². The Morgan fingerprint density at radius 3 is 2.93 bits per heavy atom. The topological polar surface area (TPSA) is 128 Å². The number of nitrogens with two attached hydrogens (primary N) is 1. The first kappa shape index (κ1) is 16.9. The summed E-state index contributed by atoms with van der Waals surface area (Å²) < 4.78 is 0. The Hall–Kier alpha value is -3.26. The number of rotatable bonds is 4. The molecule has 0 amide bonds. The van der Waals surface area contributed by atoms with Crippen LogP contribution in [-0.4, -0.2) is 37.4 Å². The van der Waals surface area contributed by atoms with Gasteiger partial charge in [0.1, 0.15) is 11.6 Å². The highest BCUT2D eigenvalue weighted by Crippen LogP contribution is 2.34. The molecule has 0 spiro atoms. The minimum atomic E-state index is 0.0912. The number of hydrogen-bond donors (Lipinski definition) is 6. The molecule has 0 radical (unpaired) electrons. The van der Waals surface area contributed by atoms with E-state index >= 15 is 0 Å². The Bertz CT molecular complexity index is 1130. The van der Waals surface area contributed by atoms with Crippen LogP contribution in [0.25, 0.3) is 21.7 Å². The van der Waals surface area contributed by atoms with Crippen LogP contribution >= 0.6 is 0 Å². The highest BCUT2D eigenvalue weighted by atomic mass is 16.3. The van der Waals surface area contributed by atoms with E-state index in [-0.39, 0.29) is 18.0 Å². The minimum absolute atomic E-state index is 0.0912.